The van der Waals surface area contributed by atoms with Crippen LogP contribution in [0.1, 0.15) is 17.3 Å². The van der Waals surface area contributed by atoms with Gasteiger partial charge in [0.2, 0.25) is 0 Å². The molecule has 0 aliphatic carbocycles. The summed E-state index contributed by atoms with van der Waals surface area (Å²) in [5.41, 5.74) is 6.31. The molecule has 0 saturated heterocycles. The minimum atomic E-state index is -0.902. The van der Waals surface area contributed by atoms with E-state index in [9.17, 15) is 9.90 Å². The summed E-state index contributed by atoms with van der Waals surface area (Å²) in [6, 6.07) is 3.44. The van der Waals surface area contributed by atoms with Crippen LogP contribution in [0.15, 0.2) is 30.7 Å². The normalized spacial score (nSPS) is 12.3. The Balaban J connectivity index is 2.25. The third-order valence-corrected chi connectivity index (χ3v) is 2.76. The van der Waals surface area contributed by atoms with E-state index in [1.54, 1.807) is 42.3 Å². The maximum absolute atomic E-state index is 11.3. The molecule has 0 amide bonds. The van der Waals surface area contributed by atoms with Crippen molar-refractivity contribution < 1.29 is 9.90 Å². The van der Waals surface area contributed by atoms with Gasteiger partial charge in [0.1, 0.15) is 17.6 Å². The molecule has 18 heavy (non-hydrogen) atoms. The van der Waals surface area contributed by atoms with Gasteiger partial charge in [-0.25, -0.2) is 9.97 Å². The lowest BCUT2D eigenvalue weighted by atomic mass is 10.00. The average molecular weight is 246 g/mol. The number of nitrogens with two attached hydrogens (primary N) is 1. The minimum absolute atomic E-state index is 0.341. The molecular formula is C12H14N4O2. The molecule has 3 N–H and O–H groups in total. The molecule has 0 aromatic carbocycles. The zero-order valence-electron chi connectivity index (χ0n) is 9.95. The monoisotopic (exact) mass is 246 g/mol. The number of imidazole rings is 1. The minimum Gasteiger partial charge on any atom is -0.481 e. The molecule has 6 heteroatoms. The Morgan fingerprint density at radius 1 is 1.50 bits per heavy atom. The predicted molar refractivity (Wildman–Crippen MR) is 65.9 cm³/mol. The van der Waals surface area contributed by atoms with E-state index >= 15 is 0 Å². The number of pyridine rings is 1. The maximum Gasteiger partial charge on any atom is 0.314 e. The molecule has 0 fully saturated rings. The number of anilines is 1. The van der Waals surface area contributed by atoms with Crippen LogP contribution >= 0.6 is 0 Å². The van der Waals surface area contributed by atoms with Gasteiger partial charge in [0.05, 0.1) is 0 Å². The van der Waals surface area contributed by atoms with Crippen LogP contribution < -0.4 is 5.73 Å². The van der Waals surface area contributed by atoms with E-state index in [0.717, 1.165) is 5.56 Å². The van der Waals surface area contributed by atoms with Gasteiger partial charge in [-0.1, -0.05) is 6.07 Å². The Kier molecular flexibility index (Phi) is 3.27. The first kappa shape index (κ1) is 12.1. The number of aromatic nitrogens is 3. The molecule has 6 nitrogen and oxygen atoms in total. The molecule has 0 bridgehead atoms. The van der Waals surface area contributed by atoms with Crippen LogP contribution in [0.5, 0.6) is 0 Å². The second-order valence-corrected chi connectivity index (χ2v) is 4.08. The zero-order chi connectivity index (χ0) is 13.1. The van der Waals surface area contributed by atoms with E-state index in [4.69, 9.17) is 5.73 Å². The summed E-state index contributed by atoms with van der Waals surface area (Å²) < 4.78 is 1.71. The van der Waals surface area contributed by atoms with Crippen LogP contribution in [-0.4, -0.2) is 25.6 Å². The molecule has 0 radical (unpaired) electrons. The first-order valence-electron chi connectivity index (χ1n) is 5.48. The van der Waals surface area contributed by atoms with Crippen LogP contribution in [0, 0.1) is 0 Å². The largest absolute Gasteiger partial charge is 0.481 e. The SMILES string of the molecule is Cn1ccnc1C(Cc1ccc(N)nc1)C(=O)O. The maximum atomic E-state index is 11.3. The lowest BCUT2D eigenvalue weighted by Crippen LogP contribution is -2.18. The molecule has 2 aromatic rings. The first-order chi connectivity index (χ1) is 8.58. The number of hydrogen-bond acceptors (Lipinski definition) is 4. The molecule has 1 atom stereocenters. The zero-order valence-corrected chi connectivity index (χ0v) is 9.95. The van der Waals surface area contributed by atoms with Crippen molar-refractivity contribution in [1.82, 2.24) is 14.5 Å². The van der Waals surface area contributed by atoms with E-state index in [1.807, 2.05) is 0 Å². The highest BCUT2D eigenvalue weighted by molar-refractivity contribution is 5.75. The number of carboxylic acid groups (broad SMARTS) is 1. The van der Waals surface area contributed by atoms with Crippen molar-refractivity contribution >= 4 is 11.8 Å². The molecule has 0 aliphatic rings. The van der Waals surface area contributed by atoms with Gasteiger partial charge < -0.3 is 15.4 Å². The number of nitrogen functional groups attached to an aromatic ring is 1. The topological polar surface area (TPSA) is 94.0 Å². The van der Waals surface area contributed by atoms with Crippen LogP contribution in [0.2, 0.25) is 0 Å². The van der Waals surface area contributed by atoms with Crippen LogP contribution in [0.25, 0.3) is 0 Å². The lowest BCUT2D eigenvalue weighted by Gasteiger charge is -2.12. The van der Waals surface area contributed by atoms with Crippen molar-refractivity contribution in [3.05, 3.63) is 42.1 Å². The third-order valence-electron chi connectivity index (χ3n) is 2.76. The highest BCUT2D eigenvalue weighted by Gasteiger charge is 2.24. The second-order valence-electron chi connectivity index (χ2n) is 4.08. The Labute approximate surface area is 104 Å². The van der Waals surface area contributed by atoms with Gasteiger partial charge in [0, 0.05) is 25.6 Å². The summed E-state index contributed by atoms with van der Waals surface area (Å²) in [5, 5.41) is 9.29. The molecule has 2 heterocycles. The Hall–Kier alpha value is -2.37. The van der Waals surface area contributed by atoms with Gasteiger partial charge in [0.15, 0.2) is 0 Å². The number of nitrogens with zero attached hydrogens (tertiary/aromatic N) is 3. The fraction of sp³-hybridized carbons (Fsp3) is 0.250. The summed E-state index contributed by atoms with van der Waals surface area (Å²) in [5.74, 6) is -0.640. The van der Waals surface area contributed by atoms with Crippen molar-refractivity contribution in [2.24, 2.45) is 7.05 Å². The van der Waals surface area contributed by atoms with E-state index in [1.165, 1.54) is 0 Å². The molecule has 0 spiro atoms. The highest BCUT2D eigenvalue weighted by atomic mass is 16.4. The summed E-state index contributed by atoms with van der Waals surface area (Å²) in [6.07, 6.45) is 5.25. The van der Waals surface area contributed by atoms with Crippen molar-refractivity contribution in [3.8, 4) is 0 Å². The Morgan fingerprint density at radius 2 is 2.28 bits per heavy atom. The molecular weight excluding hydrogens is 232 g/mol. The van der Waals surface area contributed by atoms with Crippen molar-refractivity contribution in [3.63, 3.8) is 0 Å². The van der Waals surface area contributed by atoms with E-state index in [2.05, 4.69) is 9.97 Å². The standard InChI is InChI=1S/C12H14N4O2/c1-16-5-4-14-11(16)9(12(17)18)6-8-2-3-10(13)15-7-8/h2-5,7,9H,6H2,1H3,(H2,13,15)(H,17,18). The first-order valence-corrected chi connectivity index (χ1v) is 5.48. The summed E-state index contributed by atoms with van der Waals surface area (Å²) >= 11 is 0. The van der Waals surface area contributed by atoms with Crippen molar-refractivity contribution in [2.75, 3.05) is 5.73 Å². The fourth-order valence-corrected chi connectivity index (χ4v) is 1.79. The molecule has 94 valence electrons. The van der Waals surface area contributed by atoms with Crippen LogP contribution in [0.3, 0.4) is 0 Å². The van der Waals surface area contributed by atoms with Gasteiger partial charge in [-0.15, -0.1) is 0 Å². The number of aryl methyl sites for hydroxylation is 1. The number of rotatable bonds is 4. The van der Waals surface area contributed by atoms with Gasteiger partial charge in [-0.2, -0.15) is 0 Å². The quantitative estimate of drug-likeness (QED) is 0.832. The number of carboxylic acids is 1. The number of aliphatic carboxylic acids is 1. The fourth-order valence-electron chi connectivity index (χ4n) is 1.79. The summed E-state index contributed by atoms with van der Waals surface area (Å²) in [6.45, 7) is 0. The smallest absolute Gasteiger partial charge is 0.314 e. The summed E-state index contributed by atoms with van der Waals surface area (Å²) in [4.78, 5) is 19.4. The molecule has 2 rings (SSSR count). The third kappa shape index (κ3) is 2.48. The van der Waals surface area contributed by atoms with Gasteiger partial charge in [0.25, 0.3) is 0 Å². The van der Waals surface area contributed by atoms with Gasteiger partial charge in [-0.05, 0) is 18.1 Å². The highest BCUT2D eigenvalue weighted by Crippen LogP contribution is 2.19. The molecule has 1 unspecified atom stereocenters. The van der Waals surface area contributed by atoms with E-state index < -0.39 is 11.9 Å². The predicted octanol–water partition coefficient (Wildman–Crippen LogP) is 0.808. The van der Waals surface area contributed by atoms with Crippen molar-refractivity contribution in [1.29, 1.82) is 0 Å². The molecule has 2 aromatic heterocycles. The summed E-state index contributed by atoms with van der Waals surface area (Å²) in [7, 11) is 1.78. The van der Waals surface area contributed by atoms with Gasteiger partial charge in [-0.3, -0.25) is 4.79 Å². The van der Waals surface area contributed by atoms with E-state index in [-0.39, 0.29) is 0 Å². The second kappa shape index (κ2) is 4.87. The van der Waals surface area contributed by atoms with Crippen molar-refractivity contribution in [2.45, 2.75) is 12.3 Å². The molecule has 0 saturated carbocycles. The average Bonchev–Trinajstić information content (AvgIpc) is 2.74. The van der Waals surface area contributed by atoms with E-state index in [0.29, 0.717) is 18.1 Å². The Bertz CT molecular complexity index is 547. The lowest BCUT2D eigenvalue weighted by molar-refractivity contribution is -0.139. The van der Waals surface area contributed by atoms with Crippen LogP contribution in [-0.2, 0) is 18.3 Å². The van der Waals surface area contributed by atoms with Gasteiger partial charge >= 0.3 is 5.97 Å². The number of hydrogen-bond donors (Lipinski definition) is 2. The number of carbonyl (C=O) groups is 1. The Morgan fingerprint density at radius 3 is 2.78 bits per heavy atom. The molecule has 0 aliphatic heterocycles. The van der Waals surface area contributed by atoms with Crippen LogP contribution in [0.4, 0.5) is 5.82 Å².